The van der Waals surface area contributed by atoms with Gasteiger partial charge in [-0.2, -0.15) is 13.2 Å². The molecule has 0 fully saturated rings. The minimum absolute atomic E-state index is 0.127. The first-order valence-corrected chi connectivity index (χ1v) is 9.55. The van der Waals surface area contributed by atoms with Crippen LogP contribution in [0.2, 0.25) is 0 Å². The SMILES string of the molecule is CC(C)(C)OC(=O)Nc1ncc(-c2ccnc(Nc3cccc(C(F)(F)F)c3)n2)s1. The van der Waals surface area contributed by atoms with E-state index in [9.17, 15) is 18.0 Å². The molecule has 2 N–H and O–H groups in total. The zero-order chi connectivity index (χ0) is 21.9. The number of hydrogen-bond acceptors (Lipinski definition) is 7. The quantitative estimate of drug-likeness (QED) is 0.544. The molecule has 7 nitrogen and oxygen atoms in total. The number of benzene rings is 1. The van der Waals surface area contributed by atoms with Crippen molar-refractivity contribution in [1.82, 2.24) is 15.0 Å². The number of rotatable bonds is 4. The first-order chi connectivity index (χ1) is 14.0. The number of carbonyl (C=O) groups excluding carboxylic acids is 1. The molecule has 3 aromatic rings. The molecular formula is C19H18F3N5O2S. The molecule has 0 radical (unpaired) electrons. The Bertz CT molecular complexity index is 1050. The van der Waals surface area contributed by atoms with Crippen LogP contribution in [0.4, 0.5) is 34.7 Å². The number of halogens is 3. The van der Waals surface area contributed by atoms with E-state index in [0.717, 1.165) is 12.1 Å². The topological polar surface area (TPSA) is 89.0 Å². The van der Waals surface area contributed by atoms with Gasteiger partial charge in [0.05, 0.1) is 16.1 Å². The van der Waals surface area contributed by atoms with E-state index >= 15 is 0 Å². The van der Waals surface area contributed by atoms with E-state index in [-0.39, 0.29) is 11.6 Å². The van der Waals surface area contributed by atoms with Gasteiger partial charge in [-0.05, 0) is 45.0 Å². The lowest BCUT2D eigenvalue weighted by atomic mass is 10.2. The monoisotopic (exact) mass is 437 g/mol. The van der Waals surface area contributed by atoms with Crippen molar-refractivity contribution >= 4 is 34.2 Å². The molecule has 158 valence electrons. The summed E-state index contributed by atoms with van der Waals surface area (Å²) < 4.78 is 43.8. The van der Waals surface area contributed by atoms with E-state index in [1.54, 1.807) is 26.8 Å². The van der Waals surface area contributed by atoms with Gasteiger partial charge in [0.1, 0.15) is 5.60 Å². The Kier molecular flexibility index (Phi) is 5.92. The van der Waals surface area contributed by atoms with Gasteiger partial charge >= 0.3 is 12.3 Å². The lowest BCUT2D eigenvalue weighted by Crippen LogP contribution is -2.27. The third-order valence-electron chi connectivity index (χ3n) is 3.47. The highest BCUT2D eigenvalue weighted by Gasteiger charge is 2.30. The van der Waals surface area contributed by atoms with Crippen molar-refractivity contribution in [1.29, 1.82) is 0 Å². The predicted molar refractivity (Wildman–Crippen MR) is 108 cm³/mol. The maximum absolute atomic E-state index is 12.9. The Labute approximate surface area is 174 Å². The molecular weight excluding hydrogens is 419 g/mol. The fraction of sp³-hybridized carbons (Fsp3) is 0.263. The number of nitrogens with zero attached hydrogens (tertiary/aromatic N) is 3. The lowest BCUT2D eigenvalue weighted by Gasteiger charge is -2.18. The summed E-state index contributed by atoms with van der Waals surface area (Å²) in [6.07, 6.45) is -2.08. The van der Waals surface area contributed by atoms with Gasteiger partial charge in [-0.3, -0.25) is 5.32 Å². The van der Waals surface area contributed by atoms with Gasteiger partial charge < -0.3 is 10.1 Å². The summed E-state index contributed by atoms with van der Waals surface area (Å²) in [6, 6.07) is 6.38. The molecule has 1 amide bonds. The largest absolute Gasteiger partial charge is 0.444 e. The average molecular weight is 437 g/mol. The van der Waals surface area contributed by atoms with Gasteiger partial charge in [0.2, 0.25) is 5.95 Å². The molecule has 2 aromatic heterocycles. The molecule has 2 heterocycles. The van der Waals surface area contributed by atoms with Crippen molar-refractivity contribution in [3.8, 4) is 10.6 Å². The Morgan fingerprint density at radius 2 is 1.90 bits per heavy atom. The first-order valence-electron chi connectivity index (χ1n) is 8.73. The van der Waals surface area contributed by atoms with Gasteiger partial charge in [0, 0.05) is 18.1 Å². The van der Waals surface area contributed by atoms with E-state index in [2.05, 4.69) is 25.6 Å². The van der Waals surface area contributed by atoms with Crippen molar-refractivity contribution < 1.29 is 22.7 Å². The van der Waals surface area contributed by atoms with Gasteiger partial charge in [-0.15, -0.1) is 0 Å². The Balaban J connectivity index is 1.74. The molecule has 0 saturated heterocycles. The van der Waals surface area contributed by atoms with Gasteiger partial charge in [-0.1, -0.05) is 17.4 Å². The van der Waals surface area contributed by atoms with E-state index in [1.165, 1.54) is 35.9 Å². The highest BCUT2D eigenvalue weighted by Crippen LogP contribution is 2.32. The second kappa shape index (κ2) is 8.27. The van der Waals surface area contributed by atoms with Crippen LogP contribution in [-0.2, 0) is 10.9 Å². The molecule has 0 aliphatic heterocycles. The normalized spacial score (nSPS) is 11.8. The van der Waals surface area contributed by atoms with Crippen molar-refractivity contribution in [2.45, 2.75) is 32.5 Å². The summed E-state index contributed by atoms with van der Waals surface area (Å²) in [5.74, 6) is 0.127. The van der Waals surface area contributed by atoms with Crippen molar-refractivity contribution in [2.24, 2.45) is 0 Å². The van der Waals surface area contributed by atoms with Gasteiger partial charge in [0.25, 0.3) is 0 Å². The van der Waals surface area contributed by atoms with Crippen molar-refractivity contribution in [2.75, 3.05) is 10.6 Å². The first kappa shape index (κ1) is 21.5. The highest BCUT2D eigenvalue weighted by molar-refractivity contribution is 7.19. The van der Waals surface area contributed by atoms with E-state index in [0.29, 0.717) is 15.7 Å². The number of thiazole rings is 1. The fourth-order valence-corrected chi connectivity index (χ4v) is 3.07. The highest BCUT2D eigenvalue weighted by atomic mass is 32.1. The summed E-state index contributed by atoms with van der Waals surface area (Å²) in [5, 5.41) is 5.63. The number of alkyl halides is 3. The molecule has 0 spiro atoms. The summed E-state index contributed by atoms with van der Waals surface area (Å²) in [7, 11) is 0. The third kappa shape index (κ3) is 5.89. The Hall–Kier alpha value is -3.21. The number of nitrogens with one attached hydrogen (secondary N) is 2. The molecule has 0 unspecified atom stereocenters. The van der Waals surface area contributed by atoms with Crippen LogP contribution in [0.3, 0.4) is 0 Å². The molecule has 0 aliphatic carbocycles. The van der Waals surface area contributed by atoms with Crippen LogP contribution in [-0.4, -0.2) is 26.6 Å². The second-order valence-electron chi connectivity index (χ2n) is 7.13. The van der Waals surface area contributed by atoms with Crippen molar-refractivity contribution in [3.63, 3.8) is 0 Å². The molecule has 0 atom stereocenters. The number of ether oxygens (including phenoxy) is 1. The van der Waals surface area contributed by atoms with E-state index < -0.39 is 23.4 Å². The average Bonchev–Trinajstić information content (AvgIpc) is 3.08. The predicted octanol–water partition coefficient (Wildman–Crippen LogP) is 5.71. The maximum atomic E-state index is 12.9. The van der Waals surface area contributed by atoms with Crippen LogP contribution < -0.4 is 10.6 Å². The second-order valence-corrected chi connectivity index (χ2v) is 8.16. The summed E-state index contributed by atoms with van der Waals surface area (Å²) in [5.41, 5.74) is -0.711. The minimum Gasteiger partial charge on any atom is -0.444 e. The van der Waals surface area contributed by atoms with Crippen LogP contribution in [0.15, 0.2) is 42.7 Å². The molecule has 0 bridgehead atoms. The molecule has 30 heavy (non-hydrogen) atoms. The number of amides is 1. The van der Waals surface area contributed by atoms with Crippen molar-refractivity contribution in [3.05, 3.63) is 48.3 Å². The van der Waals surface area contributed by atoms with Gasteiger partial charge in [0.15, 0.2) is 5.13 Å². The zero-order valence-electron chi connectivity index (χ0n) is 16.2. The fourth-order valence-electron chi connectivity index (χ4n) is 2.30. The van der Waals surface area contributed by atoms with E-state index in [4.69, 9.17) is 4.74 Å². The van der Waals surface area contributed by atoms with Crippen LogP contribution in [0, 0.1) is 0 Å². The number of carbonyl (C=O) groups is 1. The standard InChI is InChI=1S/C19H18F3N5O2S/c1-18(2,3)29-17(28)27-16-24-10-14(30-16)13-7-8-23-15(26-13)25-12-6-4-5-11(9-12)19(20,21)22/h4-10H,1-3H3,(H,23,25,26)(H,24,27,28). The Morgan fingerprint density at radius 3 is 2.60 bits per heavy atom. The van der Waals surface area contributed by atoms with Crippen LogP contribution in [0.5, 0.6) is 0 Å². The lowest BCUT2D eigenvalue weighted by molar-refractivity contribution is -0.137. The van der Waals surface area contributed by atoms with Crippen LogP contribution in [0.25, 0.3) is 10.6 Å². The number of aromatic nitrogens is 3. The maximum Gasteiger partial charge on any atom is 0.416 e. The molecule has 3 rings (SSSR count). The summed E-state index contributed by atoms with van der Waals surface area (Å²) in [6.45, 7) is 5.25. The number of anilines is 3. The van der Waals surface area contributed by atoms with Gasteiger partial charge in [-0.25, -0.2) is 19.7 Å². The van der Waals surface area contributed by atoms with E-state index in [1.807, 2.05) is 0 Å². The molecule has 11 heteroatoms. The molecule has 0 saturated carbocycles. The minimum atomic E-state index is -4.44. The van der Waals surface area contributed by atoms with Crippen LogP contribution >= 0.6 is 11.3 Å². The summed E-state index contributed by atoms with van der Waals surface area (Å²) >= 11 is 1.17. The smallest absolute Gasteiger partial charge is 0.416 e. The van der Waals surface area contributed by atoms with Crippen LogP contribution in [0.1, 0.15) is 26.3 Å². The number of hydrogen-bond donors (Lipinski definition) is 2. The summed E-state index contributed by atoms with van der Waals surface area (Å²) in [4.78, 5) is 24.9. The molecule has 0 aliphatic rings. The zero-order valence-corrected chi connectivity index (χ0v) is 17.1. The third-order valence-corrected chi connectivity index (χ3v) is 4.40. The molecule has 1 aromatic carbocycles. The Morgan fingerprint density at radius 1 is 1.13 bits per heavy atom.